The summed E-state index contributed by atoms with van der Waals surface area (Å²) in [4.78, 5) is 21.0. The molecule has 2 aliphatic rings. The highest BCUT2D eigenvalue weighted by molar-refractivity contribution is 7.15. The van der Waals surface area contributed by atoms with E-state index in [2.05, 4.69) is 25.7 Å². The maximum Gasteiger partial charge on any atom is 0.225 e. The molecule has 2 aromatic rings. The topological polar surface area (TPSA) is 83.9 Å². The van der Waals surface area contributed by atoms with Crippen LogP contribution in [-0.4, -0.2) is 54.8 Å². The lowest BCUT2D eigenvalue weighted by Crippen LogP contribution is -2.53. The number of anilines is 2. The average molecular weight is 514 g/mol. The molecule has 36 heavy (non-hydrogen) atoms. The number of thiazole rings is 1. The first kappa shape index (κ1) is 26.5. The number of amides is 1. The van der Waals surface area contributed by atoms with Crippen LogP contribution in [0.3, 0.4) is 0 Å². The second-order valence-electron chi connectivity index (χ2n) is 10.7. The van der Waals surface area contributed by atoms with Crippen molar-refractivity contribution >= 4 is 28.1 Å². The SMILES string of the molecule is C=CCN(C)C(=O)C(C)C1CCC2(C)Cc3sc(Nc4cc(OC)ccc4OC)nc3C(C)C2C1O. The predicted octanol–water partition coefficient (Wildman–Crippen LogP) is 5.24. The van der Waals surface area contributed by atoms with E-state index >= 15 is 0 Å². The van der Waals surface area contributed by atoms with Gasteiger partial charge in [-0.3, -0.25) is 4.79 Å². The number of aromatic nitrogens is 1. The number of rotatable bonds is 8. The van der Waals surface area contributed by atoms with Crippen molar-refractivity contribution in [1.82, 2.24) is 9.88 Å². The van der Waals surface area contributed by atoms with Gasteiger partial charge in [-0.25, -0.2) is 4.98 Å². The van der Waals surface area contributed by atoms with Crippen LogP contribution in [0.2, 0.25) is 0 Å². The number of likely N-dealkylation sites (N-methyl/N-ethyl adjacent to an activating group) is 1. The van der Waals surface area contributed by atoms with Crippen molar-refractivity contribution in [2.24, 2.45) is 23.2 Å². The summed E-state index contributed by atoms with van der Waals surface area (Å²) in [5, 5.41) is 15.9. The van der Waals surface area contributed by atoms with Gasteiger partial charge in [0.25, 0.3) is 0 Å². The first-order chi connectivity index (χ1) is 17.1. The number of hydrogen-bond donors (Lipinski definition) is 2. The largest absolute Gasteiger partial charge is 0.497 e. The molecule has 2 aliphatic carbocycles. The minimum Gasteiger partial charge on any atom is -0.497 e. The zero-order valence-corrected chi connectivity index (χ0v) is 23.0. The van der Waals surface area contributed by atoms with Crippen molar-refractivity contribution in [1.29, 1.82) is 0 Å². The number of ether oxygens (including phenoxy) is 2. The number of aliphatic hydroxyl groups excluding tert-OH is 1. The summed E-state index contributed by atoms with van der Waals surface area (Å²) in [7, 11) is 5.09. The van der Waals surface area contributed by atoms with Crippen LogP contribution in [0.1, 0.15) is 50.1 Å². The van der Waals surface area contributed by atoms with Crippen molar-refractivity contribution in [3.05, 3.63) is 41.4 Å². The summed E-state index contributed by atoms with van der Waals surface area (Å²) in [5.41, 5.74) is 1.82. The number of nitrogens with one attached hydrogen (secondary N) is 1. The molecule has 1 aromatic heterocycles. The number of aliphatic hydroxyl groups is 1. The number of benzene rings is 1. The van der Waals surface area contributed by atoms with Gasteiger partial charge in [-0.2, -0.15) is 0 Å². The molecule has 7 nitrogen and oxygen atoms in total. The van der Waals surface area contributed by atoms with E-state index in [9.17, 15) is 9.90 Å². The summed E-state index contributed by atoms with van der Waals surface area (Å²) in [6.07, 6.45) is 3.89. The Balaban J connectivity index is 1.59. The lowest BCUT2D eigenvalue weighted by atomic mass is 9.53. The van der Waals surface area contributed by atoms with E-state index < -0.39 is 6.10 Å². The Bertz CT molecular complexity index is 1120. The first-order valence-electron chi connectivity index (χ1n) is 12.7. The van der Waals surface area contributed by atoms with E-state index in [1.54, 1.807) is 43.6 Å². The fourth-order valence-electron chi connectivity index (χ4n) is 6.44. The van der Waals surface area contributed by atoms with E-state index in [0.717, 1.165) is 47.3 Å². The molecule has 0 saturated heterocycles. The summed E-state index contributed by atoms with van der Waals surface area (Å²) in [5.74, 6) is 1.35. The lowest BCUT2D eigenvalue weighted by Gasteiger charge is -2.53. The van der Waals surface area contributed by atoms with Gasteiger partial charge in [0.15, 0.2) is 5.13 Å². The van der Waals surface area contributed by atoms with Crippen LogP contribution in [0.15, 0.2) is 30.9 Å². The van der Waals surface area contributed by atoms with Crippen LogP contribution in [0.4, 0.5) is 10.8 Å². The summed E-state index contributed by atoms with van der Waals surface area (Å²) >= 11 is 1.67. The van der Waals surface area contributed by atoms with Gasteiger partial charge in [0, 0.05) is 36.4 Å². The summed E-state index contributed by atoms with van der Waals surface area (Å²) in [6.45, 7) is 10.7. The summed E-state index contributed by atoms with van der Waals surface area (Å²) < 4.78 is 10.9. The molecule has 6 unspecified atom stereocenters. The molecule has 0 spiro atoms. The van der Waals surface area contributed by atoms with Crippen LogP contribution in [0.25, 0.3) is 0 Å². The van der Waals surface area contributed by atoms with Gasteiger partial charge in [-0.15, -0.1) is 17.9 Å². The van der Waals surface area contributed by atoms with E-state index in [4.69, 9.17) is 14.5 Å². The monoisotopic (exact) mass is 513 g/mol. The number of hydrogen-bond acceptors (Lipinski definition) is 7. The molecule has 0 radical (unpaired) electrons. The Labute approximate surface area is 218 Å². The van der Waals surface area contributed by atoms with E-state index in [1.807, 2.05) is 25.1 Å². The predicted molar refractivity (Wildman–Crippen MR) is 144 cm³/mol. The number of nitrogens with zero attached hydrogens (tertiary/aromatic N) is 2. The molecule has 1 heterocycles. The highest BCUT2D eigenvalue weighted by Crippen LogP contribution is 2.57. The van der Waals surface area contributed by atoms with E-state index in [-0.39, 0.29) is 35.0 Å². The van der Waals surface area contributed by atoms with Crippen molar-refractivity contribution in [3.63, 3.8) is 0 Å². The third-order valence-corrected chi connectivity index (χ3v) is 9.37. The third kappa shape index (κ3) is 4.73. The van der Waals surface area contributed by atoms with Gasteiger partial charge in [-0.05, 0) is 48.6 Å². The Morgan fingerprint density at radius 3 is 2.83 bits per heavy atom. The lowest BCUT2D eigenvalue weighted by molar-refractivity contribution is -0.143. The molecule has 1 saturated carbocycles. The van der Waals surface area contributed by atoms with E-state index in [1.165, 1.54) is 4.88 Å². The molecule has 6 atom stereocenters. The maximum atomic E-state index is 13.0. The molecule has 0 bridgehead atoms. The normalized spacial score (nSPS) is 27.9. The van der Waals surface area contributed by atoms with Gasteiger partial charge in [-0.1, -0.05) is 26.8 Å². The van der Waals surface area contributed by atoms with E-state index in [0.29, 0.717) is 6.54 Å². The Kier molecular flexibility index (Phi) is 7.67. The molecule has 4 rings (SSSR count). The molecule has 0 aliphatic heterocycles. The van der Waals surface area contributed by atoms with Crippen LogP contribution in [0, 0.1) is 23.2 Å². The van der Waals surface area contributed by atoms with Crippen molar-refractivity contribution in [2.45, 2.75) is 52.1 Å². The van der Waals surface area contributed by atoms with Crippen LogP contribution in [0.5, 0.6) is 11.5 Å². The molecular formula is C28H39N3O4S. The summed E-state index contributed by atoms with van der Waals surface area (Å²) in [6, 6.07) is 5.64. The van der Waals surface area contributed by atoms with Crippen LogP contribution >= 0.6 is 11.3 Å². The Morgan fingerprint density at radius 1 is 1.42 bits per heavy atom. The third-order valence-electron chi connectivity index (χ3n) is 8.38. The van der Waals surface area contributed by atoms with Crippen LogP contribution in [-0.2, 0) is 11.2 Å². The number of fused-ring (bicyclic) bond motifs is 2. The standard InChI is InChI=1S/C28H39N3O4S/c1-8-13-31(5)26(33)16(2)19-11-12-28(4)15-22-24(17(3)23(28)25(19)32)30-27(36-22)29-20-14-18(34-6)9-10-21(20)35-7/h8-10,14,16-17,19,23,25,32H,1,11-13,15H2,2-7H3,(H,29,30). The molecule has 8 heteroatoms. The Morgan fingerprint density at radius 2 is 2.17 bits per heavy atom. The molecular weight excluding hydrogens is 474 g/mol. The zero-order chi connectivity index (χ0) is 26.2. The van der Waals surface area contributed by atoms with Gasteiger partial charge in [0.05, 0.1) is 31.7 Å². The second-order valence-corrected chi connectivity index (χ2v) is 11.7. The number of carbonyl (C=O) groups is 1. The minimum absolute atomic E-state index is 0.0322. The second kappa shape index (κ2) is 10.4. The molecule has 1 aromatic carbocycles. The van der Waals surface area contributed by atoms with Crippen molar-refractivity contribution < 1.29 is 19.4 Å². The van der Waals surface area contributed by atoms with Gasteiger partial charge in [0.1, 0.15) is 11.5 Å². The van der Waals surface area contributed by atoms with Gasteiger partial charge >= 0.3 is 0 Å². The quantitative estimate of drug-likeness (QED) is 0.470. The highest BCUT2D eigenvalue weighted by Gasteiger charge is 2.54. The van der Waals surface area contributed by atoms with Gasteiger partial charge in [0.2, 0.25) is 5.91 Å². The molecule has 1 amide bonds. The Hall–Kier alpha value is -2.58. The van der Waals surface area contributed by atoms with Crippen molar-refractivity contribution in [3.8, 4) is 11.5 Å². The molecule has 1 fully saturated rings. The smallest absolute Gasteiger partial charge is 0.225 e. The fourth-order valence-corrected chi connectivity index (χ4v) is 7.72. The fraction of sp³-hybridized carbons (Fsp3) is 0.571. The number of methoxy groups -OCH3 is 2. The zero-order valence-electron chi connectivity index (χ0n) is 22.2. The van der Waals surface area contributed by atoms with Crippen LogP contribution < -0.4 is 14.8 Å². The maximum absolute atomic E-state index is 13.0. The van der Waals surface area contributed by atoms with Gasteiger partial charge < -0.3 is 24.8 Å². The molecule has 196 valence electrons. The average Bonchev–Trinajstić information content (AvgIpc) is 3.25. The first-order valence-corrected chi connectivity index (χ1v) is 13.5. The van der Waals surface area contributed by atoms with Crippen molar-refractivity contribution in [2.75, 3.05) is 33.1 Å². The number of carbonyl (C=O) groups excluding carboxylic acids is 1. The molecule has 2 N–H and O–H groups in total. The highest BCUT2D eigenvalue weighted by atomic mass is 32.1. The minimum atomic E-state index is -0.556.